The van der Waals surface area contributed by atoms with Crippen LogP contribution in [0.25, 0.3) is 10.9 Å². The second-order valence-corrected chi connectivity index (χ2v) is 9.55. The maximum Gasteiger partial charge on any atom is 0.330 e. The number of rotatable bonds is 6. The van der Waals surface area contributed by atoms with Gasteiger partial charge in [-0.1, -0.05) is 6.07 Å². The van der Waals surface area contributed by atoms with E-state index in [0.29, 0.717) is 54.2 Å². The molecule has 27 heavy (non-hydrogen) atoms. The molecule has 1 aliphatic carbocycles. The van der Waals surface area contributed by atoms with Gasteiger partial charge in [-0.25, -0.2) is 13.2 Å². The molecular weight excluding hydrogens is 368 g/mol. The largest absolute Gasteiger partial charge is 0.467 e. The Labute approximate surface area is 158 Å². The minimum Gasteiger partial charge on any atom is -0.467 e. The number of hydrogen-bond donors (Lipinski definition) is 0. The Balaban J connectivity index is 1.73. The molecule has 1 atom stereocenters. The fraction of sp³-hybridized carbons (Fsp3) is 0.579. The van der Waals surface area contributed by atoms with Crippen LogP contribution in [-0.2, 0) is 24.1 Å². The molecule has 1 aromatic carbocycles. The van der Waals surface area contributed by atoms with Crippen molar-refractivity contribution in [3.05, 3.63) is 24.4 Å². The molecule has 8 heteroatoms. The van der Waals surface area contributed by atoms with Crippen LogP contribution >= 0.6 is 0 Å². The summed E-state index contributed by atoms with van der Waals surface area (Å²) in [6.45, 7) is 1.39. The molecule has 2 heterocycles. The van der Waals surface area contributed by atoms with E-state index in [4.69, 9.17) is 9.47 Å². The highest BCUT2D eigenvalue weighted by Gasteiger charge is 2.38. The molecule has 0 radical (unpaired) electrons. The van der Waals surface area contributed by atoms with E-state index in [2.05, 4.69) is 5.10 Å². The maximum absolute atomic E-state index is 12.8. The number of aromatic nitrogens is 2. The van der Waals surface area contributed by atoms with E-state index >= 15 is 0 Å². The van der Waals surface area contributed by atoms with Gasteiger partial charge in [-0.3, -0.25) is 4.68 Å². The zero-order valence-corrected chi connectivity index (χ0v) is 16.2. The number of fused-ring (bicyclic) bond motifs is 1. The number of carbonyl (C=O) groups is 1. The summed E-state index contributed by atoms with van der Waals surface area (Å²) in [5.41, 5.74) is 0.652. The van der Waals surface area contributed by atoms with Crippen LogP contribution in [0.2, 0.25) is 0 Å². The van der Waals surface area contributed by atoms with E-state index in [1.165, 1.54) is 7.11 Å². The summed E-state index contributed by atoms with van der Waals surface area (Å²) in [4.78, 5) is 12.8. The normalized spacial score (nSPS) is 19.9. The molecule has 1 unspecified atom stereocenters. The lowest BCUT2D eigenvalue weighted by Crippen LogP contribution is -2.27. The van der Waals surface area contributed by atoms with E-state index in [1.54, 1.807) is 23.0 Å². The van der Waals surface area contributed by atoms with Gasteiger partial charge in [0, 0.05) is 18.6 Å². The first-order chi connectivity index (χ1) is 13.0. The molecular formula is C19H24N2O5S. The summed E-state index contributed by atoms with van der Waals surface area (Å²) >= 11 is 0. The molecule has 0 amide bonds. The first kappa shape index (κ1) is 18.4. The number of benzene rings is 1. The maximum atomic E-state index is 12.8. The summed E-state index contributed by atoms with van der Waals surface area (Å²) in [6.07, 6.45) is 5.38. The highest BCUT2D eigenvalue weighted by molar-refractivity contribution is 7.92. The topological polar surface area (TPSA) is 87.5 Å². The van der Waals surface area contributed by atoms with Crippen LogP contribution in [0.3, 0.4) is 0 Å². The van der Waals surface area contributed by atoms with E-state index in [1.807, 2.05) is 6.07 Å². The van der Waals surface area contributed by atoms with Gasteiger partial charge >= 0.3 is 5.97 Å². The fourth-order valence-corrected chi connectivity index (χ4v) is 5.68. The summed E-state index contributed by atoms with van der Waals surface area (Å²) in [5, 5.41) is 4.69. The van der Waals surface area contributed by atoms with E-state index < -0.39 is 15.9 Å². The molecule has 4 rings (SSSR count). The summed E-state index contributed by atoms with van der Waals surface area (Å²) in [7, 11) is -1.97. The van der Waals surface area contributed by atoms with Crippen molar-refractivity contribution in [1.82, 2.24) is 9.78 Å². The minimum atomic E-state index is -3.34. The molecule has 2 aliphatic rings. The van der Waals surface area contributed by atoms with Crippen LogP contribution in [0.5, 0.6) is 0 Å². The first-order valence-corrected chi connectivity index (χ1v) is 10.9. The molecule has 1 aliphatic heterocycles. The monoisotopic (exact) mass is 392 g/mol. The second-order valence-electron chi connectivity index (χ2n) is 7.35. The predicted molar refractivity (Wildman–Crippen MR) is 99.2 cm³/mol. The highest BCUT2D eigenvalue weighted by Crippen LogP contribution is 2.37. The third kappa shape index (κ3) is 3.48. The van der Waals surface area contributed by atoms with Gasteiger partial charge in [0.25, 0.3) is 0 Å². The highest BCUT2D eigenvalue weighted by atomic mass is 32.2. The van der Waals surface area contributed by atoms with Crippen LogP contribution < -0.4 is 0 Å². The van der Waals surface area contributed by atoms with Crippen LogP contribution in [0.1, 0.15) is 38.1 Å². The number of sulfone groups is 1. The molecule has 0 spiro atoms. The van der Waals surface area contributed by atoms with Crippen molar-refractivity contribution in [2.24, 2.45) is 5.92 Å². The van der Waals surface area contributed by atoms with Gasteiger partial charge in [0.05, 0.1) is 29.0 Å². The van der Waals surface area contributed by atoms with Gasteiger partial charge in [-0.2, -0.15) is 5.10 Å². The number of carbonyl (C=O) groups excluding carboxylic acids is 1. The summed E-state index contributed by atoms with van der Waals surface area (Å²) in [5.74, 6) is -0.0116. The van der Waals surface area contributed by atoms with Crippen molar-refractivity contribution in [2.75, 3.05) is 20.3 Å². The Bertz CT molecular complexity index is 942. The molecule has 0 N–H and O–H groups in total. The van der Waals surface area contributed by atoms with E-state index in [9.17, 15) is 13.2 Å². The smallest absolute Gasteiger partial charge is 0.330 e. The van der Waals surface area contributed by atoms with Gasteiger partial charge in [0.1, 0.15) is 6.04 Å². The van der Waals surface area contributed by atoms with Crippen LogP contribution in [-0.4, -0.2) is 49.7 Å². The van der Waals surface area contributed by atoms with Crippen molar-refractivity contribution >= 4 is 26.7 Å². The molecule has 2 aromatic rings. The minimum absolute atomic E-state index is 0.287. The number of ether oxygens (including phenoxy) is 2. The van der Waals surface area contributed by atoms with Crippen molar-refractivity contribution in [3.63, 3.8) is 0 Å². The average molecular weight is 392 g/mol. The Morgan fingerprint density at radius 2 is 2.04 bits per heavy atom. The number of nitrogens with zero attached hydrogens (tertiary/aromatic N) is 2. The number of hydrogen-bond acceptors (Lipinski definition) is 6. The molecule has 2 fully saturated rings. The molecule has 146 valence electrons. The quantitative estimate of drug-likeness (QED) is 0.702. The molecule has 7 nitrogen and oxygen atoms in total. The SMILES string of the molecule is COC(=O)C(CC1CCOCC1)n1ncc2c(S(=O)(=O)C3CC3)cccc21. The van der Waals surface area contributed by atoms with Gasteiger partial charge in [-0.15, -0.1) is 0 Å². The van der Waals surface area contributed by atoms with Crippen molar-refractivity contribution in [1.29, 1.82) is 0 Å². The lowest BCUT2D eigenvalue weighted by molar-refractivity contribution is -0.145. The summed E-state index contributed by atoms with van der Waals surface area (Å²) in [6, 6.07) is 4.59. The van der Waals surface area contributed by atoms with Gasteiger partial charge in [0.15, 0.2) is 9.84 Å². The van der Waals surface area contributed by atoms with E-state index in [-0.39, 0.29) is 11.2 Å². The predicted octanol–water partition coefficient (Wildman–Crippen LogP) is 2.50. The molecule has 1 aromatic heterocycles. The third-order valence-electron chi connectivity index (χ3n) is 5.54. The Kier molecular flexibility index (Phi) is 4.94. The van der Waals surface area contributed by atoms with Gasteiger partial charge in [0.2, 0.25) is 0 Å². The third-order valence-corrected chi connectivity index (χ3v) is 7.85. The van der Waals surface area contributed by atoms with E-state index in [0.717, 1.165) is 12.8 Å². The van der Waals surface area contributed by atoms with Gasteiger partial charge in [-0.05, 0) is 50.2 Å². The zero-order chi connectivity index (χ0) is 19.0. The number of methoxy groups -OCH3 is 1. The Hall–Kier alpha value is -1.93. The first-order valence-electron chi connectivity index (χ1n) is 9.38. The number of esters is 1. The second kappa shape index (κ2) is 7.24. The van der Waals surface area contributed by atoms with Crippen LogP contribution in [0.4, 0.5) is 0 Å². The lowest BCUT2D eigenvalue weighted by atomic mass is 9.92. The Morgan fingerprint density at radius 1 is 1.30 bits per heavy atom. The van der Waals surface area contributed by atoms with Crippen molar-refractivity contribution in [2.45, 2.75) is 48.3 Å². The average Bonchev–Trinajstić information content (AvgIpc) is 3.47. The van der Waals surface area contributed by atoms with Crippen LogP contribution in [0.15, 0.2) is 29.3 Å². The zero-order valence-electron chi connectivity index (χ0n) is 15.3. The Morgan fingerprint density at radius 3 is 2.70 bits per heavy atom. The standard InChI is InChI=1S/C19H24N2O5S/c1-25-19(22)17(11-13-7-9-26-10-8-13)21-16-3-2-4-18(15(16)12-20-21)27(23,24)14-5-6-14/h2-4,12-14,17H,5-11H2,1H3. The molecule has 1 saturated carbocycles. The molecule has 1 saturated heterocycles. The van der Waals surface area contributed by atoms with Crippen LogP contribution in [0, 0.1) is 5.92 Å². The fourth-order valence-electron chi connectivity index (χ4n) is 3.83. The van der Waals surface area contributed by atoms with Crippen molar-refractivity contribution < 1.29 is 22.7 Å². The summed E-state index contributed by atoms with van der Waals surface area (Å²) < 4.78 is 37.6. The molecule has 0 bridgehead atoms. The van der Waals surface area contributed by atoms with Gasteiger partial charge < -0.3 is 9.47 Å². The van der Waals surface area contributed by atoms with Crippen molar-refractivity contribution in [3.8, 4) is 0 Å². The lowest BCUT2D eigenvalue weighted by Gasteiger charge is -2.26.